The quantitative estimate of drug-likeness (QED) is 0.145. The molecule has 2 nitrogen and oxygen atoms in total. The molecule has 69 heavy (non-hydrogen) atoms. The van der Waals surface area contributed by atoms with Crippen LogP contribution in [0.2, 0.25) is 0 Å². The number of hydrogen-bond acceptors (Lipinski definition) is 0. The third-order valence-corrected chi connectivity index (χ3v) is 13.7. The summed E-state index contributed by atoms with van der Waals surface area (Å²) >= 11 is 0. The van der Waals surface area contributed by atoms with Crippen molar-refractivity contribution >= 4 is 137 Å². The lowest BCUT2D eigenvalue weighted by atomic mass is 9.64. The van der Waals surface area contributed by atoms with Crippen molar-refractivity contribution in [1.82, 2.24) is 9.13 Å². The topological polar surface area (TPSA) is 9.86 Å². The maximum Gasteiger partial charge on any atom is 0.115 e. The summed E-state index contributed by atoms with van der Waals surface area (Å²) in [6.07, 6.45) is 0. The lowest BCUT2D eigenvalue weighted by Crippen LogP contribution is -2.48. The Balaban J connectivity index is 1.08. The second-order valence-corrected chi connectivity index (χ2v) is 17.6. The van der Waals surface area contributed by atoms with Gasteiger partial charge in [0.05, 0.1) is 11.0 Å². The lowest BCUT2D eigenvalue weighted by molar-refractivity contribution is 1.18. The van der Waals surface area contributed by atoms with Crippen molar-refractivity contribution in [1.29, 1.82) is 0 Å². The van der Waals surface area contributed by atoms with E-state index in [0.29, 0.717) is 43.8 Å². The van der Waals surface area contributed by atoms with E-state index < -0.39 is 0 Å². The summed E-state index contributed by atoms with van der Waals surface area (Å²) in [5, 5.41) is 3.22. The molecule has 12 rings (SSSR count). The number of rotatable bonds is 7. The smallest absolute Gasteiger partial charge is 0.115 e. The van der Waals surface area contributed by atoms with E-state index in [4.69, 9.17) is 54.9 Å². The Kier molecular flexibility index (Phi) is 10.4. The van der Waals surface area contributed by atoms with E-state index in [1.54, 1.807) is 0 Å². The Morgan fingerprint density at radius 3 is 1.39 bits per heavy atom. The molecule has 10 aromatic carbocycles. The van der Waals surface area contributed by atoms with Gasteiger partial charge in [-0.1, -0.05) is 179 Å². The van der Waals surface area contributed by atoms with Crippen LogP contribution < -0.4 is 38.2 Å². The predicted molar refractivity (Wildman–Crippen MR) is 300 cm³/mol. The zero-order chi connectivity index (χ0) is 47.1. The molecule has 12 aromatic rings. The van der Waals surface area contributed by atoms with Gasteiger partial charge in [-0.2, -0.15) is 0 Å². The lowest BCUT2D eigenvalue weighted by Gasteiger charge is -2.19. The molecule has 0 amide bonds. The number of benzene rings is 10. The molecule has 2 heterocycles. The fourth-order valence-corrected chi connectivity index (χ4v) is 10.4. The molecule has 0 bridgehead atoms. The highest BCUT2D eigenvalue weighted by Gasteiger charge is 2.25. The van der Waals surface area contributed by atoms with Crippen LogP contribution in [0, 0.1) is 0 Å². The maximum atomic E-state index is 7.47. The first-order chi connectivity index (χ1) is 33.7. The van der Waals surface area contributed by atoms with Gasteiger partial charge >= 0.3 is 0 Å². The summed E-state index contributed by atoms with van der Waals surface area (Å²) in [6, 6.07) is 69.4. The molecule has 0 N–H and O–H groups in total. The van der Waals surface area contributed by atoms with Gasteiger partial charge in [0.2, 0.25) is 0 Å². The van der Waals surface area contributed by atoms with Crippen LogP contribution in [-0.4, -0.2) is 64.1 Å². The molecular formula is C60H33B7N2. The minimum Gasteiger partial charge on any atom is -0.311 e. The zero-order valence-electron chi connectivity index (χ0n) is 37.5. The molecule has 0 aliphatic heterocycles. The van der Waals surface area contributed by atoms with Crippen molar-refractivity contribution < 1.29 is 0 Å². The van der Waals surface area contributed by atoms with Gasteiger partial charge in [0, 0.05) is 38.6 Å². The molecule has 0 aliphatic carbocycles. The summed E-state index contributed by atoms with van der Waals surface area (Å²) in [5.74, 6) is 0. The minimum atomic E-state index is 0.169. The summed E-state index contributed by atoms with van der Waals surface area (Å²) in [4.78, 5) is 0. The number of hydrogen-bond donors (Lipinski definition) is 0. The van der Waals surface area contributed by atoms with Gasteiger partial charge in [-0.05, 0) is 110 Å². The van der Waals surface area contributed by atoms with Gasteiger partial charge in [-0.3, -0.25) is 0 Å². The third kappa shape index (κ3) is 6.81. The SMILES string of the molecule is [B]c1c([B])c([B])c2c(c1[B])c1c([B])c(-c3ccc4c(c3)c3c(-c5ccccc5)cccc3n4-c3cccc(-c4ccccc4)c3)c([B])c([B])c1n2-c1ccc(-c2cccc(-c3ccccc3)c2)cc1. The zero-order valence-corrected chi connectivity index (χ0v) is 37.5. The number of fused-ring (bicyclic) bond motifs is 6. The first-order valence-electron chi connectivity index (χ1n) is 22.8. The van der Waals surface area contributed by atoms with Gasteiger partial charge in [-0.25, -0.2) is 0 Å². The standard InChI is InChI=1S/C60H33B7N2/c61-52-48(41-27-30-46-45(33-41)49-44(37-17-8-3-9-18-37)23-12-24-47(49)68(46)43-22-11-21-40(32-43)35-15-6-2-7-16-35)53(62)57(66)59-50(52)51-54(63)55(64)56(65)58(67)60(51)69(59)42-28-25-36(26-29-42)39-20-10-19-38(31-39)34-13-4-1-5-14-34/h1-33H. The number of nitrogens with zero attached hydrogens (tertiary/aromatic N) is 2. The minimum absolute atomic E-state index is 0.169. The Hall–Kier alpha value is -7.75. The summed E-state index contributed by atoms with van der Waals surface area (Å²) < 4.78 is 4.28. The van der Waals surface area contributed by atoms with Crippen molar-refractivity contribution in [2.75, 3.05) is 0 Å². The van der Waals surface area contributed by atoms with Gasteiger partial charge < -0.3 is 9.13 Å². The van der Waals surface area contributed by atoms with Crippen molar-refractivity contribution in [3.8, 4) is 67.0 Å². The monoisotopic (exact) mass is 858 g/mol. The Bertz CT molecular complexity index is 4010. The van der Waals surface area contributed by atoms with Gasteiger partial charge in [0.25, 0.3) is 0 Å². The van der Waals surface area contributed by atoms with Crippen LogP contribution in [0.25, 0.3) is 111 Å². The Morgan fingerprint density at radius 2 is 0.754 bits per heavy atom. The first-order valence-corrected chi connectivity index (χ1v) is 22.8. The second-order valence-electron chi connectivity index (χ2n) is 17.6. The van der Waals surface area contributed by atoms with E-state index in [1.165, 1.54) is 0 Å². The number of aromatic nitrogens is 2. The molecule has 0 saturated carbocycles. The van der Waals surface area contributed by atoms with Crippen molar-refractivity contribution in [2.45, 2.75) is 0 Å². The van der Waals surface area contributed by atoms with Crippen molar-refractivity contribution in [3.05, 3.63) is 200 Å². The van der Waals surface area contributed by atoms with Crippen LogP contribution in [-0.2, 0) is 0 Å². The van der Waals surface area contributed by atoms with E-state index in [9.17, 15) is 0 Å². The van der Waals surface area contributed by atoms with E-state index in [2.05, 4.69) is 162 Å². The van der Waals surface area contributed by atoms with Crippen molar-refractivity contribution in [3.63, 3.8) is 0 Å². The highest BCUT2D eigenvalue weighted by atomic mass is 15.0. The molecule has 0 fully saturated rings. The summed E-state index contributed by atoms with van der Waals surface area (Å²) in [6.45, 7) is 0. The maximum absolute atomic E-state index is 7.47. The second kappa shape index (κ2) is 16.8. The van der Waals surface area contributed by atoms with Crippen LogP contribution in [0.3, 0.4) is 0 Å². The summed E-state index contributed by atoms with van der Waals surface area (Å²) in [5.41, 5.74) is 17.0. The molecule has 0 saturated heterocycles. The molecule has 2 aromatic heterocycles. The highest BCUT2D eigenvalue weighted by Crippen LogP contribution is 2.41. The largest absolute Gasteiger partial charge is 0.311 e. The molecule has 0 aliphatic rings. The Labute approximate surface area is 410 Å². The molecule has 304 valence electrons. The fraction of sp³-hybridized carbons (Fsp3) is 0. The predicted octanol–water partition coefficient (Wildman–Crippen LogP) is 7.77. The first kappa shape index (κ1) is 42.6. The van der Waals surface area contributed by atoms with Crippen LogP contribution in [0.15, 0.2) is 200 Å². The van der Waals surface area contributed by atoms with Crippen LogP contribution >= 0.6 is 0 Å². The van der Waals surface area contributed by atoms with E-state index in [1.807, 2.05) is 47.0 Å². The normalized spacial score (nSPS) is 11.6. The molecule has 9 heteroatoms. The molecular weight excluding hydrogens is 824 g/mol. The highest BCUT2D eigenvalue weighted by molar-refractivity contribution is 6.69. The average molecular weight is 858 g/mol. The molecule has 0 unspecified atom stereocenters. The molecule has 0 spiro atoms. The van der Waals surface area contributed by atoms with Gasteiger partial charge in [0.15, 0.2) is 0 Å². The van der Waals surface area contributed by atoms with Gasteiger partial charge in [-0.15, -0.1) is 10.9 Å². The van der Waals surface area contributed by atoms with E-state index in [0.717, 1.165) is 83.3 Å². The van der Waals surface area contributed by atoms with Gasteiger partial charge in [0.1, 0.15) is 54.9 Å². The van der Waals surface area contributed by atoms with Crippen molar-refractivity contribution in [2.24, 2.45) is 0 Å². The van der Waals surface area contributed by atoms with E-state index >= 15 is 0 Å². The molecule has 0 atom stereocenters. The third-order valence-electron chi connectivity index (χ3n) is 13.7. The van der Waals surface area contributed by atoms with Crippen LogP contribution in [0.1, 0.15) is 0 Å². The average Bonchev–Trinajstić information content (AvgIpc) is 3.94. The van der Waals surface area contributed by atoms with E-state index in [-0.39, 0.29) is 21.9 Å². The fourth-order valence-electron chi connectivity index (χ4n) is 10.4. The van der Waals surface area contributed by atoms with Crippen LogP contribution in [0.4, 0.5) is 0 Å². The Morgan fingerprint density at radius 1 is 0.261 bits per heavy atom. The summed E-state index contributed by atoms with van der Waals surface area (Å²) in [7, 11) is 49.2. The van der Waals surface area contributed by atoms with Crippen LogP contribution in [0.5, 0.6) is 0 Å². The molecule has 14 radical (unpaired) electrons.